The molecule has 6 nitrogen and oxygen atoms in total. The van der Waals surface area contributed by atoms with Gasteiger partial charge in [0.15, 0.2) is 17.3 Å². The Morgan fingerprint density at radius 2 is 2.20 bits per heavy atom. The predicted octanol–water partition coefficient (Wildman–Crippen LogP) is 3.41. The van der Waals surface area contributed by atoms with Crippen LogP contribution in [-0.4, -0.2) is 48.9 Å². The molecule has 4 rings (SSSR count). The van der Waals surface area contributed by atoms with E-state index in [1.165, 1.54) is 11.3 Å². The van der Waals surface area contributed by atoms with Crippen molar-refractivity contribution in [1.82, 2.24) is 4.90 Å². The standard InChI is InChI=1S/C23H25NO5S/c1-23(2,26)9-7-15-5-6-19(30-15)17(25)12-16-20-14(8-10-24(16)3)11-18-21(22(20)27-4)29-13-28-18/h5-6,11,16,26H,8,10,12-13H2,1-4H3/t16-/m1/s1. The molecule has 0 bridgehead atoms. The molecule has 158 valence electrons. The molecule has 0 saturated carbocycles. The molecule has 30 heavy (non-hydrogen) atoms. The molecule has 3 heterocycles. The zero-order chi connectivity index (χ0) is 21.5. The van der Waals surface area contributed by atoms with Gasteiger partial charge in [0.2, 0.25) is 12.5 Å². The van der Waals surface area contributed by atoms with Gasteiger partial charge in [-0.3, -0.25) is 9.69 Å². The zero-order valence-corrected chi connectivity index (χ0v) is 18.4. The van der Waals surface area contributed by atoms with E-state index in [4.69, 9.17) is 14.2 Å². The fourth-order valence-corrected chi connectivity index (χ4v) is 4.64. The summed E-state index contributed by atoms with van der Waals surface area (Å²) >= 11 is 1.35. The van der Waals surface area contributed by atoms with E-state index in [0.29, 0.717) is 28.5 Å². The highest BCUT2D eigenvalue weighted by Crippen LogP contribution is 2.50. The molecule has 0 amide bonds. The number of aliphatic hydroxyl groups is 1. The number of ketones is 1. The second-order valence-electron chi connectivity index (χ2n) is 8.06. The number of hydrogen-bond donors (Lipinski definition) is 1. The number of thiophene rings is 1. The van der Waals surface area contributed by atoms with Crippen molar-refractivity contribution in [1.29, 1.82) is 0 Å². The molecule has 0 fully saturated rings. The fourth-order valence-electron chi connectivity index (χ4n) is 3.83. The summed E-state index contributed by atoms with van der Waals surface area (Å²) in [7, 11) is 3.65. The number of nitrogens with zero attached hydrogens (tertiary/aromatic N) is 1. The van der Waals surface area contributed by atoms with E-state index in [1.54, 1.807) is 21.0 Å². The zero-order valence-electron chi connectivity index (χ0n) is 17.6. The van der Waals surface area contributed by atoms with Crippen LogP contribution in [0.3, 0.4) is 0 Å². The Balaban J connectivity index is 1.62. The molecule has 1 aromatic heterocycles. The van der Waals surface area contributed by atoms with Crippen LogP contribution >= 0.6 is 11.3 Å². The third-order valence-corrected chi connectivity index (χ3v) is 6.34. The Kier molecular flexibility index (Phi) is 5.49. The molecule has 0 unspecified atom stereocenters. The van der Waals surface area contributed by atoms with Crippen molar-refractivity contribution in [2.45, 2.75) is 38.3 Å². The minimum absolute atomic E-state index is 0.0562. The van der Waals surface area contributed by atoms with E-state index in [-0.39, 0.29) is 18.6 Å². The number of rotatable bonds is 4. The smallest absolute Gasteiger partial charge is 0.231 e. The van der Waals surface area contributed by atoms with Gasteiger partial charge in [-0.2, -0.15) is 0 Å². The topological polar surface area (TPSA) is 68.2 Å². The normalized spacial score (nSPS) is 17.8. The lowest BCUT2D eigenvalue weighted by Gasteiger charge is -2.35. The van der Waals surface area contributed by atoms with Crippen molar-refractivity contribution in [2.24, 2.45) is 0 Å². The van der Waals surface area contributed by atoms with Crippen molar-refractivity contribution in [3.8, 4) is 29.1 Å². The highest BCUT2D eigenvalue weighted by Gasteiger charge is 2.35. The minimum Gasteiger partial charge on any atom is -0.492 e. The number of benzene rings is 1. The van der Waals surface area contributed by atoms with Gasteiger partial charge in [-0.1, -0.05) is 11.8 Å². The summed E-state index contributed by atoms with van der Waals surface area (Å²) in [5, 5.41) is 9.78. The quantitative estimate of drug-likeness (QED) is 0.596. The number of ether oxygens (including phenoxy) is 3. The van der Waals surface area contributed by atoms with Gasteiger partial charge in [0.05, 0.1) is 16.9 Å². The molecule has 2 aliphatic heterocycles. The van der Waals surface area contributed by atoms with Crippen molar-refractivity contribution in [3.63, 3.8) is 0 Å². The van der Waals surface area contributed by atoms with E-state index >= 15 is 0 Å². The number of Topliss-reactive ketones (excluding diaryl/α,β-unsaturated/α-hetero) is 1. The van der Waals surface area contributed by atoms with Crippen molar-refractivity contribution in [2.75, 3.05) is 27.5 Å². The van der Waals surface area contributed by atoms with Crippen LogP contribution in [0.2, 0.25) is 0 Å². The van der Waals surface area contributed by atoms with Crippen LogP contribution in [0.4, 0.5) is 0 Å². The van der Waals surface area contributed by atoms with Crippen LogP contribution in [0.5, 0.6) is 17.2 Å². The fraction of sp³-hybridized carbons (Fsp3) is 0.435. The summed E-state index contributed by atoms with van der Waals surface area (Å²) in [6, 6.07) is 5.54. The van der Waals surface area contributed by atoms with Crippen molar-refractivity contribution < 1.29 is 24.1 Å². The van der Waals surface area contributed by atoms with E-state index in [2.05, 4.69) is 16.7 Å². The maximum atomic E-state index is 13.1. The monoisotopic (exact) mass is 427 g/mol. The lowest BCUT2D eigenvalue weighted by atomic mass is 9.88. The van der Waals surface area contributed by atoms with Crippen molar-refractivity contribution in [3.05, 3.63) is 39.1 Å². The summed E-state index contributed by atoms with van der Waals surface area (Å²) < 4.78 is 16.9. The Bertz CT molecular complexity index is 1040. The highest BCUT2D eigenvalue weighted by molar-refractivity contribution is 7.14. The summed E-state index contributed by atoms with van der Waals surface area (Å²) in [5.41, 5.74) is 1.07. The van der Waals surface area contributed by atoms with Gasteiger partial charge in [0.1, 0.15) is 5.60 Å². The Morgan fingerprint density at radius 3 is 2.93 bits per heavy atom. The second kappa shape index (κ2) is 7.95. The third-order valence-electron chi connectivity index (χ3n) is 5.30. The second-order valence-corrected chi connectivity index (χ2v) is 9.15. The Hall–Kier alpha value is -2.53. The van der Waals surface area contributed by atoms with Crippen LogP contribution in [0.1, 0.15) is 52.0 Å². The predicted molar refractivity (Wildman–Crippen MR) is 115 cm³/mol. The minimum atomic E-state index is -1.06. The number of likely N-dealkylation sites (N-methyl/N-ethyl adjacent to an activating group) is 1. The van der Waals surface area contributed by atoms with Crippen molar-refractivity contribution >= 4 is 17.1 Å². The third kappa shape index (κ3) is 4.04. The van der Waals surface area contributed by atoms with E-state index < -0.39 is 5.60 Å². The van der Waals surface area contributed by atoms with Crippen LogP contribution in [0.15, 0.2) is 18.2 Å². The number of methoxy groups -OCH3 is 1. The first-order valence-electron chi connectivity index (χ1n) is 9.85. The van der Waals surface area contributed by atoms with Crippen LogP contribution in [-0.2, 0) is 6.42 Å². The van der Waals surface area contributed by atoms with Gasteiger partial charge in [0.25, 0.3) is 0 Å². The maximum absolute atomic E-state index is 13.1. The Labute approximate surface area is 180 Å². The van der Waals surface area contributed by atoms with Crippen LogP contribution < -0.4 is 14.2 Å². The first kappa shape index (κ1) is 20.7. The number of hydrogen-bond acceptors (Lipinski definition) is 7. The Morgan fingerprint density at radius 1 is 1.40 bits per heavy atom. The number of fused-ring (bicyclic) bond motifs is 2. The summed E-state index contributed by atoms with van der Waals surface area (Å²) in [6.07, 6.45) is 1.19. The van der Waals surface area contributed by atoms with Gasteiger partial charge in [-0.15, -0.1) is 11.3 Å². The number of carbonyl (C=O) groups is 1. The average molecular weight is 428 g/mol. The van der Waals surface area contributed by atoms with Gasteiger partial charge < -0.3 is 19.3 Å². The molecule has 0 radical (unpaired) electrons. The first-order valence-corrected chi connectivity index (χ1v) is 10.7. The van der Waals surface area contributed by atoms with E-state index in [9.17, 15) is 9.90 Å². The van der Waals surface area contributed by atoms with Gasteiger partial charge in [-0.05, 0) is 51.1 Å². The molecule has 2 aromatic rings. The largest absolute Gasteiger partial charge is 0.492 e. The van der Waals surface area contributed by atoms with Crippen LogP contribution in [0, 0.1) is 11.8 Å². The summed E-state index contributed by atoms with van der Waals surface area (Å²) in [5.74, 6) is 7.76. The molecular formula is C23H25NO5S. The maximum Gasteiger partial charge on any atom is 0.231 e. The lowest BCUT2D eigenvalue weighted by Crippen LogP contribution is -2.34. The highest BCUT2D eigenvalue weighted by atomic mass is 32.1. The van der Waals surface area contributed by atoms with E-state index in [1.807, 2.05) is 25.2 Å². The van der Waals surface area contributed by atoms with Gasteiger partial charge in [-0.25, -0.2) is 0 Å². The molecule has 1 aromatic carbocycles. The van der Waals surface area contributed by atoms with Crippen LogP contribution in [0.25, 0.3) is 0 Å². The molecule has 7 heteroatoms. The summed E-state index contributed by atoms with van der Waals surface area (Å²) in [4.78, 5) is 16.7. The SMILES string of the molecule is COc1c2c(cc3c1[C@@H](CC(=O)c1ccc(C#CC(C)(C)O)s1)N(C)CC3)OCO2. The van der Waals surface area contributed by atoms with Gasteiger partial charge >= 0.3 is 0 Å². The average Bonchev–Trinajstić information content (AvgIpc) is 3.35. The van der Waals surface area contributed by atoms with Gasteiger partial charge in [0, 0.05) is 24.6 Å². The molecule has 0 aliphatic carbocycles. The molecule has 0 saturated heterocycles. The molecule has 1 N–H and O–H groups in total. The summed E-state index contributed by atoms with van der Waals surface area (Å²) in [6.45, 7) is 4.29. The number of carbonyl (C=O) groups excluding carboxylic acids is 1. The lowest BCUT2D eigenvalue weighted by molar-refractivity contribution is 0.0929. The molecule has 1 atom stereocenters. The molecule has 0 spiro atoms. The van der Waals surface area contributed by atoms with E-state index in [0.717, 1.165) is 29.0 Å². The molecule has 2 aliphatic rings. The first-order chi connectivity index (χ1) is 14.3. The molecular weight excluding hydrogens is 402 g/mol.